The molecule has 0 fully saturated rings. The average Bonchev–Trinajstić information content (AvgIpc) is 2.48. The van der Waals surface area contributed by atoms with Crippen LogP contribution < -0.4 is 4.74 Å². The number of para-hydroxylation sites is 1. The van der Waals surface area contributed by atoms with E-state index in [1.54, 1.807) is 24.3 Å². The maximum absolute atomic E-state index is 11.5. The summed E-state index contributed by atoms with van der Waals surface area (Å²) in [7, 11) is 1.35. The van der Waals surface area contributed by atoms with Crippen LogP contribution in [-0.2, 0) is 9.53 Å². The molecule has 0 heterocycles. The number of hydrogen-bond donors (Lipinski definition) is 1. The molecule has 1 unspecified atom stereocenters. The van der Waals surface area contributed by atoms with E-state index in [0.717, 1.165) is 5.56 Å². The number of rotatable bonds is 5. The van der Waals surface area contributed by atoms with Gasteiger partial charge in [0.2, 0.25) is 0 Å². The van der Waals surface area contributed by atoms with Crippen molar-refractivity contribution in [1.29, 1.82) is 0 Å². The van der Waals surface area contributed by atoms with Gasteiger partial charge in [-0.3, -0.25) is 4.79 Å². The van der Waals surface area contributed by atoms with Crippen molar-refractivity contribution in [1.82, 2.24) is 0 Å². The lowest BCUT2D eigenvalue weighted by molar-refractivity contribution is -0.142. The molecule has 0 amide bonds. The van der Waals surface area contributed by atoms with Crippen molar-refractivity contribution in [3.63, 3.8) is 0 Å². The van der Waals surface area contributed by atoms with Crippen LogP contribution in [0.4, 0.5) is 0 Å². The molecular formula is C16H16O4. The van der Waals surface area contributed by atoms with Crippen molar-refractivity contribution >= 4 is 5.97 Å². The van der Waals surface area contributed by atoms with Crippen LogP contribution in [0.3, 0.4) is 0 Å². The molecule has 0 aliphatic rings. The number of methoxy groups -OCH3 is 1. The number of benzene rings is 2. The Labute approximate surface area is 117 Å². The second-order valence-electron chi connectivity index (χ2n) is 4.29. The highest BCUT2D eigenvalue weighted by Gasteiger charge is 2.18. The number of phenolic OH excluding ortho intramolecular Hbond substituents is 1. The molecule has 0 aliphatic carbocycles. The number of phenols is 1. The van der Waals surface area contributed by atoms with E-state index in [2.05, 4.69) is 0 Å². The predicted molar refractivity (Wildman–Crippen MR) is 74.6 cm³/mol. The smallest absolute Gasteiger partial charge is 0.309 e. The van der Waals surface area contributed by atoms with Gasteiger partial charge in [0.25, 0.3) is 0 Å². The molecule has 20 heavy (non-hydrogen) atoms. The van der Waals surface area contributed by atoms with Crippen LogP contribution in [0.1, 0.15) is 18.1 Å². The van der Waals surface area contributed by atoms with Gasteiger partial charge >= 0.3 is 5.97 Å². The molecule has 4 nitrogen and oxygen atoms in total. The second-order valence-corrected chi connectivity index (χ2v) is 4.29. The molecule has 0 aromatic heterocycles. The average molecular weight is 272 g/mol. The monoisotopic (exact) mass is 272 g/mol. The summed E-state index contributed by atoms with van der Waals surface area (Å²) in [6, 6.07) is 15.8. The zero-order chi connectivity index (χ0) is 14.4. The van der Waals surface area contributed by atoms with Crippen molar-refractivity contribution in [3.05, 3.63) is 60.2 Å². The molecule has 2 aromatic carbocycles. The maximum Gasteiger partial charge on any atom is 0.309 e. The van der Waals surface area contributed by atoms with Gasteiger partial charge in [-0.1, -0.05) is 30.3 Å². The number of carbonyl (C=O) groups is 1. The lowest BCUT2D eigenvalue weighted by Gasteiger charge is -2.18. The topological polar surface area (TPSA) is 55.8 Å². The molecule has 1 atom stereocenters. The Morgan fingerprint density at radius 2 is 1.75 bits per heavy atom. The van der Waals surface area contributed by atoms with E-state index in [-0.39, 0.29) is 18.1 Å². The standard InChI is InChI=1S/C16H16O4/c1-19-16(18)11-15(12-7-9-13(17)10-8-12)20-14-5-3-2-4-6-14/h2-10,15,17H,11H2,1H3. The molecule has 2 aromatic rings. The largest absolute Gasteiger partial charge is 0.508 e. The Hall–Kier alpha value is -2.49. The van der Waals surface area contributed by atoms with Gasteiger partial charge in [-0.15, -0.1) is 0 Å². The van der Waals surface area contributed by atoms with E-state index in [4.69, 9.17) is 9.47 Å². The molecule has 0 bridgehead atoms. The van der Waals surface area contributed by atoms with Gasteiger partial charge in [-0.05, 0) is 29.8 Å². The Kier molecular flexibility index (Phi) is 4.60. The van der Waals surface area contributed by atoms with Crippen molar-refractivity contribution in [3.8, 4) is 11.5 Å². The molecule has 104 valence electrons. The number of ether oxygens (including phenoxy) is 2. The summed E-state index contributed by atoms with van der Waals surface area (Å²) in [6.07, 6.45) is -0.346. The predicted octanol–water partition coefficient (Wildman–Crippen LogP) is 3.08. The minimum absolute atomic E-state index is 0.107. The molecule has 0 aliphatic heterocycles. The molecule has 0 spiro atoms. The van der Waals surface area contributed by atoms with Gasteiger partial charge in [-0.2, -0.15) is 0 Å². The summed E-state index contributed by atoms with van der Waals surface area (Å²) in [5.41, 5.74) is 0.803. The fraction of sp³-hybridized carbons (Fsp3) is 0.188. The lowest BCUT2D eigenvalue weighted by atomic mass is 10.1. The quantitative estimate of drug-likeness (QED) is 0.850. The molecule has 0 saturated heterocycles. The van der Waals surface area contributed by atoms with E-state index >= 15 is 0 Å². The van der Waals surface area contributed by atoms with Gasteiger partial charge in [-0.25, -0.2) is 0 Å². The van der Waals surface area contributed by atoms with Crippen LogP contribution in [0.25, 0.3) is 0 Å². The Bertz CT molecular complexity index is 548. The first kappa shape index (κ1) is 13.9. The summed E-state index contributed by atoms with van der Waals surface area (Å²) in [5.74, 6) is 0.499. The normalized spacial score (nSPS) is 11.7. The lowest BCUT2D eigenvalue weighted by Crippen LogP contribution is -2.14. The Morgan fingerprint density at radius 1 is 1.10 bits per heavy atom. The fourth-order valence-electron chi connectivity index (χ4n) is 1.81. The fourth-order valence-corrected chi connectivity index (χ4v) is 1.81. The van der Waals surface area contributed by atoms with Gasteiger partial charge in [0, 0.05) is 0 Å². The highest BCUT2D eigenvalue weighted by molar-refractivity contribution is 5.70. The van der Waals surface area contributed by atoms with Crippen LogP contribution >= 0.6 is 0 Å². The summed E-state index contributed by atoms with van der Waals surface area (Å²) in [6.45, 7) is 0. The van der Waals surface area contributed by atoms with Gasteiger partial charge in [0.1, 0.15) is 17.6 Å². The zero-order valence-corrected chi connectivity index (χ0v) is 11.2. The van der Waals surface area contributed by atoms with E-state index in [9.17, 15) is 9.90 Å². The first-order valence-corrected chi connectivity index (χ1v) is 6.26. The van der Waals surface area contributed by atoms with Crippen LogP contribution in [0.15, 0.2) is 54.6 Å². The summed E-state index contributed by atoms with van der Waals surface area (Å²) >= 11 is 0. The van der Waals surface area contributed by atoms with E-state index in [0.29, 0.717) is 5.75 Å². The zero-order valence-electron chi connectivity index (χ0n) is 11.2. The summed E-state index contributed by atoms with van der Waals surface area (Å²) < 4.78 is 10.5. The third-order valence-corrected chi connectivity index (χ3v) is 2.87. The van der Waals surface area contributed by atoms with Crippen LogP contribution in [0.5, 0.6) is 11.5 Å². The first-order chi connectivity index (χ1) is 9.69. The van der Waals surface area contributed by atoms with Gasteiger partial charge < -0.3 is 14.6 Å². The maximum atomic E-state index is 11.5. The van der Waals surface area contributed by atoms with Crippen molar-refractivity contribution in [2.75, 3.05) is 7.11 Å². The Balaban J connectivity index is 2.20. The number of esters is 1. The SMILES string of the molecule is COC(=O)CC(Oc1ccccc1)c1ccc(O)cc1. The molecule has 1 N–H and O–H groups in total. The number of hydrogen-bond acceptors (Lipinski definition) is 4. The third kappa shape index (κ3) is 3.75. The Morgan fingerprint density at radius 3 is 2.35 bits per heavy atom. The second kappa shape index (κ2) is 6.61. The van der Waals surface area contributed by atoms with E-state index in [1.165, 1.54) is 7.11 Å². The summed E-state index contributed by atoms with van der Waals surface area (Å²) in [5, 5.41) is 9.32. The van der Waals surface area contributed by atoms with Crippen LogP contribution in [0.2, 0.25) is 0 Å². The van der Waals surface area contributed by atoms with E-state index < -0.39 is 6.10 Å². The number of carbonyl (C=O) groups excluding carboxylic acids is 1. The third-order valence-electron chi connectivity index (χ3n) is 2.87. The summed E-state index contributed by atoms with van der Waals surface area (Å²) in [4.78, 5) is 11.5. The van der Waals surface area contributed by atoms with Crippen molar-refractivity contribution in [2.45, 2.75) is 12.5 Å². The van der Waals surface area contributed by atoms with Crippen LogP contribution in [0, 0.1) is 0 Å². The van der Waals surface area contributed by atoms with Gasteiger partial charge in [0.05, 0.1) is 13.5 Å². The number of aromatic hydroxyl groups is 1. The first-order valence-electron chi connectivity index (χ1n) is 6.26. The molecule has 0 saturated carbocycles. The highest BCUT2D eigenvalue weighted by atomic mass is 16.5. The molecular weight excluding hydrogens is 256 g/mol. The molecule has 0 radical (unpaired) electrons. The minimum Gasteiger partial charge on any atom is -0.508 e. The molecule has 2 rings (SSSR count). The van der Waals surface area contributed by atoms with Crippen molar-refractivity contribution in [2.24, 2.45) is 0 Å². The van der Waals surface area contributed by atoms with Crippen LogP contribution in [-0.4, -0.2) is 18.2 Å². The van der Waals surface area contributed by atoms with Gasteiger partial charge in [0.15, 0.2) is 0 Å². The molecule has 4 heteroatoms. The van der Waals surface area contributed by atoms with E-state index in [1.807, 2.05) is 30.3 Å². The minimum atomic E-state index is -0.453. The highest BCUT2D eigenvalue weighted by Crippen LogP contribution is 2.26. The van der Waals surface area contributed by atoms with Crippen molar-refractivity contribution < 1.29 is 19.4 Å².